The van der Waals surface area contributed by atoms with Crippen molar-refractivity contribution in [1.82, 2.24) is 10.6 Å². The fourth-order valence-electron chi connectivity index (χ4n) is 1.83. The number of aliphatic carboxylic acids is 1. The predicted molar refractivity (Wildman–Crippen MR) is 83.3 cm³/mol. The highest BCUT2D eigenvalue weighted by atomic mass is 16.7. The molecule has 1 aliphatic heterocycles. The summed E-state index contributed by atoms with van der Waals surface area (Å²) in [6.45, 7) is 9.34. The fraction of sp³-hybridized carbons (Fsp3) is 0.800. The van der Waals surface area contributed by atoms with Crippen molar-refractivity contribution < 1.29 is 33.7 Å². The van der Waals surface area contributed by atoms with Gasteiger partial charge in [-0.05, 0) is 41.5 Å². The quantitative estimate of drug-likeness (QED) is 0.682. The average molecular weight is 346 g/mol. The molecule has 1 fully saturated rings. The Kier molecular flexibility index (Phi) is 5.83. The zero-order chi connectivity index (χ0) is 18.8. The minimum absolute atomic E-state index is 0.183. The molecule has 0 aromatic rings. The van der Waals surface area contributed by atoms with Crippen LogP contribution < -0.4 is 10.6 Å². The van der Waals surface area contributed by atoms with Gasteiger partial charge in [0.15, 0.2) is 11.3 Å². The second-order valence-corrected chi connectivity index (χ2v) is 7.22. The molecule has 1 rings (SSSR count). The Morgan fingerprint density at radius 1 is 1.17 bits per heavy atom. The van der Waals surface area contributed by atoms with Crippen LogP contribution in [0.25, 0.3) is 0 Å². The number of ether oxygens (including phenoxy) is 3. The molecule has 1 saturated heterocycles. The predicted octanol–water partition coefficient (Wildman–Crippen LogP) is 0.622. The van der Waals surface area contributed by atoms with E-state index in [4.69, 9.17) is 19.3 Å². The molecular weight excluding hydrogens is 320 g/mol. The van der Waals surface area contributed by atoms with Crippen molar-refractivity contribution in [2.24, 2.45) is 0 Å². The molecule has 3 N–H and O–H groups in total. The summed E-state index contributed by atoms with van der Waals surface area (Å²) in [5.41, 5.74) is -2.34. The van der Waals surface area contributed by atoms with Crippen LogP contribution in [0.2, 0.25) is 0 Å². The fourth-order valence-corrected chi connectivity index (χ4v) is 1.83. The molecular formula is C15H26N2O7. The zero-order valence-corrected chi connectivity index (χ0v) is 14.9. The number of amides is 2. The van der Waals surface area contributed by atoms with Crippen LogP contribution in [-0.2, 0) is 23.8 Å². The molecule has 0 radical (unpaired) electrons. The first kappa shape index (κ1) is 20.2. The number of carbonyl (C=O) groups is 3. The molecule has 0 saturated carbocycles. The molecule has 2 amide bonds. The Hall–Kier alpha value is -1.87. The van der Waals surface area contributed by atoms with Gasteiger partial charge in [-0.3, -0.25) is 9.59 Å². The van der Waals surface area contributed by atoms with E-state index in [0.29, 0.717) is 0 Å². The van der Waals surface area contributed by atoms with Gasteiger partial charge in [0, 0.05) is 0 Å². The maximum absolute atomic E-state index is 12.5. The number of hydrogen-bond acceptors (Lipinski definition) is 6. The molecule has 0 aliphatic carbocycles. The van der Waals surface area contributed by atoms with Gasteiger partial charge in [-0.2, -0.15) is 0 Å². The van der Waals surface area contributed by atoms with E-state index in [1.807, 2.05) is 0 Å². The SMILES string of the molecule is C[C@H](NC(=O)C1(NC(=O)OC(C)(C)C)COC(C)(C)OC1)C(=O)O. The van der Waals surface area contributed by atoms with E-state index in [-0.39, 0.29) is 13.2 Å². The Balaban J connectivity index is 2.94. The smallest absolute Gasteiger partial charge is 0.408 e. The maximum Gasteiger partial charge on any atom is 0.408 e. The molecule has 9 nitrogen and oxygen atoms in total. The molecule has 1 atom stereocenters. The Morgan fingerprint density at radius 3 is 2.08 bits per heavy atom. The van der Waals surface area contributed by atoms with Gasteiger partial charge in [0.2, 0.25) is 0 Å². The summed E-state index contributed by atoms with van der Waals surface area (Å²) in [4.78, 5) is 35.6. The van der Waals surface area contributed by atoms with E-state index in [0.717, 1.165) is 0 Å². The summed E-state index contributed by atoms with van der Waals surface area (Å²) in [6, 6.07) is -1.13. The van der Waals surface area contributed by atoms with E-state index in [1.54, 1.807) is 34.6 Å². The summed E-state index contributed by atoms with van der Waals surface area (Å²) >= 11 is 0. The number of alkyl carbamates (subject to hydrolysis) is 1. The Morgan fingerprint density at radius 2 is 1.67 bits per heavy atom. The summed E-state index contributed by atoms with van der Waals surface area (Å²) < 4.78 is 16.1. The number of carbonyl (C=O) groups excluding carboxylic acids is 2. The highest BCUT2D eigenvalue weighted by Gasteiger charge is 2.48. The first-order valence-electron chi connectivity index (χ1n) is 7.59. The second kappa shape index (κ2) is 6.94. The van der Waals surface area contributed by atoms with E-state index in [9.17, 15) is 14.4 Å². The lowest BCUT2D eigenvalue weighted by Gasteiger charge is -2.42. The highest BCUT2D eigenvalue weighted by Crippen LogP contribution is 2.24. The molecule has 9 heteroatoms. The summed E-state index contributed by atoms with van der Waals surface area (Å²) in [5, 5.41) is 13.7. The van der Waals surface area contributed by atoms with Crippen molar-refractivity contribution in [2.75, 3.05) is 13.2 Å². The number of carboxylic acids is 1. The molecule has 0 bridgehead atoms. The summed E-state index contributed by atoms with van der Waals surface area (Å²) in [6.07, 6.45) is -0.826. The molecule has 0 aromatic heterocycles. The van der Waals surface area contributed by atoms with Crippen LogP contribution in [0.5, 0.6) is 0 Å². The van der Waals surface area contributed by atoms with Crippen molar-refractivity contribution >= 4 is 18.0 Å². The molecule has 138 valence electrons. The third kappa shape index (κ3) is 5.64. The molecule has 0 unspecified atom stereocenters. The molecule has 0 aromatic carbocycles. The van der Waals surface area contributed by atoms with Gasteiger partial charge >= 0.3 is 12.1 Å². The minimum Gasteiger partial charge on any atom is -0.480 e. The topological polar surface area (TPSA) is 123 Å². The minimum atomic E-state index is -1.58. The van der Waals surface area contributed by atoms with Crippen molar-refractivity contribution in [3.63, 3.8) is 0 Å². The normalized spacial score (nSPS) is 20.6. The highest BCUT2D eigenvalue weighted by molar-refractivity contribution is 5.93. The van der Waals surface area contributed by atoms with E-state index in [2.05, 4.69) is 10.6 Å². The number of hydrogen-bond donors (Lipinski definition) is 3. The lowest BCUT2D eigenvalue weighted by molar-refractivity contribution is -0.267. The van der Waals surface area contributed by atoms with Gasteiger partial charge in [0.1, 0.15) is 11.6 Å². The van der Waals surface area contributed by atoms with Gasteiger partial charge in [0.25, 0.3) is 5.91 Å². The first-order valence-corrected chi connectivity index (χ1v) is 7.59. The Bertz CT molecular complexity index is 500. The molecule has 24 heavy (non-hydrogen) atoms. The lowest BCUT2D eigenvalue weighted by atomic mass is 9.98. The third-order valence-electron chi connectivity index (χ3n) is 3.23. The van der Waals surface area contributed by atoms with Crippen molar-refractivity contribution in [3.05, 3.63) is 0 Å². The van der Waals surface area contributed by atoms with Crippen molar-refractivity contribution in [1.29, 1.82) is 0 Å². The van der Waals surface area contributed by atoms with Crippen LogP contribution in [0.15, 0.2) is 0 Å². The van der Waals surface area contributed by atoms with E-state index >= 15 is 0 Å². The lowest BCUT2D eigenvalue weighted by Crippen LogP contribution is -2.69. The van der Waals surface area contributed by atoms with Gasteiger partial charge < -0.3 is 30.0 Å². The van der Waals surface area contributed by atoms with Crippen LogP contribution in [0.1, 0.15) is 41.5 Å². The van der Waals surface area contributed by atoms with Crippen molar-refractivity contribution in [2.45, 2.75) is 64.5 Å². The van der Waals surface area contributed by atoms with Crippen LogP contribution in [-0.4, -0.2) is 59.3 Å². The van der Waals surface area contributed by atoms with Crippen LogP contribution >= 0.6 is 0 Å². The zero-order valence-electron chi connectivity index (χ0n) is 14.9. The van der Waals surface area contributed by atoms with Crippen LogP contribution in [0.3, 0.4) is 0 Å². The number of rotatable bonds is 4. The van der Waals surface area contributed by atoms with Gasteiger partial charge in [0.05, 0.1) is 13.2 Å². The molecule has 0 spiro atoms. The third-order valence-corrected chi connectivity index (χ3v) is 3.23. The molecule has 1 aliphatic rings. The second-order valence-electron chi connectivity index (χ2n) is 7.22. The summed E-state index contributed by atoms with van der Waals surface area (Å²) in [5.74, 6) is -2.84. The summed E-state index contributed by atoms with van der Waals surface area (Å²) in [7, 11) is 0. The van der Waals surface area contributed by atoms with Gasteiger partial charge in [-0.15, -0.1) is 0 Å². The van der Waals surface area contributed by atoms with Crippen LogP contribution in [0, 0.1) is 0 Å². The largest absolute Gasteiger partial charge is 0.480 e. The number of carboxylic acid groups (broad SMARTS) is 1. The standard InChI is InChI=1S/C15H26N2O7/c1-9(10(18)19)16-11(20)15(7-22-14(5,6)23-8-15)17-12(21)24-13(2,3)4/h9H,7-8H2,1-6H3,(H,16,20)(H,17,21)(H,18,19)/t9-/m0/s1. The monoisotopic (exact) mass is 346 g/mol. The van der Waals surface area contributed by atoms with E-state index in [1.165, 1.54) is 6.92 Å². The van der Waals surface area contributed by atoms with Gasteiger partial charge in [-0.25, -0.2) is 4.79 Å². The maximum atomic E-state index is 12.5. The average Bonchev–Trinajstić information content (AvgIpc) is 2.39. The first-order chi connectivity index (χ1) is 10.8. The van der Waals surface area contributed by atoms with Gasteiger partial charge in [-0.1, -0.05) is 0 Å². The number of nitrogens with one attached hydrogen (secondary N) is 2. The molecule has 1 heterocycles. The van der Waals surface area contributed by atoms with E-state index < -0.39 is 40.9 Å². The Labute approximate surface area is 141 Å². The van der Waals surface area contributed by atoms with Crippen molar-refractivity contribution in [3.8, 4) is 0 Å². The van der Waals surface area contributed by atoms with Crippen LogP contribution in [0.4, 0.5) is 4.79 Å².